The van der Waals surface area contributed by atoms with E-state index in [4.69, 9.17) is 5.73 Å². The predicted octanol–water partition coefficient (Wildman–Crippen LogP) is 1.01. The van der Waals surface area contributed by atoms with Crippen LogP contribution in [0.1, 0.15) is 0 Å². The number of rotatable bonds is 1. The number of aromatic nitrogens is 4. The number of hydrogen-bond donors (Lipinski definition) is 1. The van der Waals surface area contributed by atoms with Gasteiger partial charge in [-0.3, -0.25) is 0 Å². The van der Waals surface area contributed by atoms with Crippen LogP contribution in [0.25, 0.3) is 5.95 Å². The first-order valence-electron chi connectivity index (χ1n) is 3.56. The van der Waals surface area contributed by atoms with Crippen molar-refractivity contribution < 1.29 is 0 Å². The van der Waals surface area contributed by atoms with Crippen LogP contribution < -0.4 is 5.73 Å². The molecule has 0 unspecified atom stereocenters. The van der Waals surface area contributed by atoms with Crippen molar-refractivity contribution in [3.8, 4) is 5.95 Å². The number of anilines is 1. The van der Waals surface area contributed by atoms with Crippen molar-refractivity contribution in [3.63, 3.8) is 0 Å². The van der Waals surface area contributed by atoms with Crippen LogP contribution in [0, 0.1) is 0 Å². The molecular formula is C7H6BrN5. The van der Waals surface area contributed by atoms with Crippen LogP contribution in [0.2, 0.25) is 0 Å². The van der Waals surface area contributed by atoms with Crippen LogP contribution in [-0.4, -0.2) is 19.7 Å². The number of nitrogens with zero attached hydrogens (tertiary/aromatic N) is 4. The van der Waals surface area contributed by atoms with Gasteiger partial charge in [0.2, 0.25) is 0 Å². The zero-order valence-corrected chi connectivity index (χ0v) is 8.14. The Hall–Kier alpha value is -1.43. The van der Waals surface area contributed by atoms with E-state index in [9.17, 15) is 0 Å². The molecule has 2 aromatic heterocycles. The summed E-state index contributed by atoms with van der Waals surface area (Å²) in [5, 5.41) is 3.98. The van der Waals surface area contributed by atoms with Gasteiger partial charge in [-0.05, 0) is 22.0 Å². The molecule has 0 aliphatic heterocycles. The Kier molecular flexibility index (Phi) is 1.97. The Bertz CT molecular complexity index is 391. The van der Waals surface area contributed by atoms with Crippen LogP contribution in [0.3, 0.4) is 0 Å². The van der Waals surface area contributed by atoms with Gasteiger partial charge >= 0.3 is 0 Å². The van der Waals surface area contributed by atoms with E-state index in [0.29, 0.717) is 16.4 Å². The van der Waals surface area contributed by atoms with E-state index in [1.165, 1.54) is 0 Å². The monoisotopic (exact) mass is 239 g/mol. The average molecular weight is 240 g/mol. The summed E-state index contributed by atoms with van der Waals surface area (Å²) in [5.41, 5.74) is 5.54. The summed E-state index contributed by atoms with van der Waals surface area (Å²) in [4.78, 5) is 8.12. The van der Waals surface area contributed by atoms with Crippen molar-refractivity contribution in [1.29, 1.82) is 0 Å². The largest absolute Gasteiger partial charge is 0.383 e. The maximum absolute atomic E-state index is 5.54. The van der Waals surface area contributed by atoms with Gasteiger partial charge in [-0.25, -0.2) is 9.67 Å². The van der Waals surface area contributed by atoms with Crippen molar-refractivity contribution >= 4 is 21.7 Å². The molecule has 0 fully saturated rings. The second-order valence-electron chi connectivity index (χ2n) is 2.37. The van der Waals surface area contributed by atoms with Gasteiger partial charge in [0, 0.05) is 18.5 Å². The van der Waals surface area contributed by atoms with Crippen LogP contribution in [0.4, 0.5) is 5.82 Å². The van der Waals surface area contributed by atoms with E-state index in [1.807, 2.05) is 0 Å². The van der Waals surface area contributed by atoms with Crippen LogP contribution >= 0.6 is 15.9 Å². The van der Waals surface area contributed by atoms with Gasteiger partial charge in [0.1, 0.15) is 10.4 Å². The van der Waals surface area contributed by atoms with E-state index in [0.717, 1.165) is 0 Å². The molecule has 2 rings (SSSR count). The molecule has 66 valence electrons. The van der Waals surface area contributed by atoms with Gasteiger partial charge in [0.25, 0.3) is 5.95 Å². The predicted molar refractivity (Wildman–Crippen MR) is 51.3 cm³/mol. The number of hydrogen-bond acceptors (Lipinski definition) is 4. The normalized spacial score (nSPS) is 10.2. The number of nitrogens with two attached hydrogens (primary N) is 1. The molecule has 0 saturated heterocycles. The Balaban J connectivity index is 2.53. The van der Waals surface area contributed by atoms with Gasteiger partial charge < -0.3 is 5.73 Å². The summed E-state index contributed by atoms with van der Waals surface area (Å²) >= 11 is 3.23. The fourth-order valence-corrected chi connectivity index (χ4v) is 1.31. The molecule has 0 aromatic carbocycles. The summed E-state index contributed by atoms with van der Waals surface area (Å²) in [6.45, 7) is 0. The highest BCUT2D eigenvalue weighted by atomic mass is 79.9. The molecule has 0 aliphatic carbocycles. The Labute approximate surface area is 82.7 Å². The fraction of sp³-hybridized carbons (Fsp3) is 0. The van der Waals surface area contributed by atoms with Gasteiger partial charge in [0.15, 0.2) is 0 Å². The smallest absolute Gasteiger partial charge is 0.253 e. The van der Waals surface area contributed by atoms with Crippen LogP contribution in [0.5, 0.6) is 0 Å². The molecule has 0 aliphatic rings. The molecule has 0 atom stereocenters. The van der Waals surface area contributed by atoms with Gasteiger partial charge in [0.05, 0.1) is 0 Å². The highest BCUT2D eigenvalue weighted by Gasteiger charge is 2.02. The third-order valence-electron chi connectivity index (χ3n) is 1.41. The molecule has 0 radical (unpaired) electrons. The second-order valence-corrected chi connectivity index (χ2v) is 3.18. The van der Waals surface area contributed by atoms with Crippen LogP contribution in [0.15, 0.2) is 29.1 Å². The summed E-state index contributed by atoms with van der Waals surface area (Å²) in [6, 6.07) is 3.42. The molecule has 6 heteroatoms. The van der Waals surface area contributed by atoms with Gasteiger partial charge in [-0.2, -0.15) is 10.1 Å². The fourth-order valence-electron chi connectivity index (χ4n) is 0.912. The van der Waals surface area contributed by atoms with E-state index < -0.39 is 0 Å². The molecule has 2 heterocycles. The SMILES string of the molecule is Nc1cc(Br)nc(-n2cccn2)n1. The summed E-state index contributed by atoms with van der Waals surface area (Å²) < 4.78 is 2.19. The molecule has 13 heavy (non-hydrogen) atoms. The second kappa shape index (κ2) is 3.14. The average Bonchev–Trinajstić information content (AvgIpc) is 2.53. The van der Waals surface area contributed by atoms with Crippen molar-refractivity contribution in [1.82, 2.24) is 19.7 Å². The summed E-state index contributed by atoms with van der Waals surface area (Å²) in [7, 11) is 0. The quantitative estimate of drug-likeness (QED) is 0.755. The topological polar surface area (TPSA) is 69.6 Å². The molecular weight excluding hydrogens is 234 g/mol. The third kappa shape index (κ3) is 1.67. The third-order valence-corrected chi connectivity index (χ3v) is 1.82. The van der Waals surface area contributed by atoms with E-state index in [-0.39, 0.29) is 0 Å². The highest BCUT2D eigenvalue weighted by Crippen LogP contribution is 2.11. The molecule has 0 bridgehead atoms. The first kappa shape index (κ1) is 8.18. The van der Waals surface area contributed by atoms with Crippen molar-refractivity contribution in [2.45, 2.75) is 0 Å². The number of nitrogen functional groups attached to an aromatic ring is 1. The maximum Gasteiger partial charge on any atom is 0.253 e. The van der Waals surface area contributed by atoms with Crippen molar-refractivity contribution in [2.75, 3.05) is 5.73 Å². The maximum atomic E-state index is 5.54. The standard InChI is InChI=1S/C7H6BrN5/c8-5-4-6(9)12-7(11-5)13-3-1-2-10-13/h1-4H,(H2,9,11,12). The minimum absolute atomic E-state index is 0.410. The van der Waals surface area contributed by atoms with E-state index in [1.54, 1.807) is 29.2 Å². The van der Waals surface area contributed by atoms with E-state index >= 15 is 0 Å². The first-order chi connectivity index (χ1) is 6.25. The van der Waals surface area contributed by atoms with Gasteiger partial charge in [-0.1, -0.05) is 0 Å². The molecule has 5 nitrogen and oxygen atoms in total. The zero-order valence-electron chi connectivity index (χ0n) is 6.55. The lowest BCUT2D eigenvalue weighted by Crippen LogP contribution is -2.04. The van der Waals surface area contributed by atoms with Crippen LogP contribution in [-0.2, 0) is 0 Å². The molecule has 0 saturated carbocycles. The van der Waals surface area contributed by atoms with Gasteiger partial charge in [-0.15, -0.1) is 0 Å². The Morgan fingerprint density at radius 1 is 1.38 bits per heavy atom. The Morgan fingerprint density at radius 2 is 2.23 bits per heavy atom. The Morgan fingerprint density at radius 3 is 2.85 bits per heavy atom. The first-order valence-corrected chi connectivity index (χ1v) is 4.35. The summed E-state index contributed by atoms with van der Waals surface area (Å²) in [5.74, 6) is 0.865. The van der Waals surface area contributed by atoms with E-state index in [2.05, 4.69) is 31.0 Å². The molecule has 2 aromatic rings. The molecule has 2 N–H and O–H groups in total. The zero-order chi connectivity index (χ0) is 9.26. The van der Waals surface area contributed by atoms with Crippen molar-refractivity contribution in [3.05, 3.63) is 29.1 Å². The molecule has 0 spiro atoms. The van der Waals surface area contributed by atoms with Crippen molar-refractivity contribution in [2.24, 2.45) is 0 Å². The lowest BCUT2D eigenvalue weighted by Gasteiger charge is -2.00. The lowest BCUT2D eigenvalue weighted by molar-refractivity contribution is 0.806. The minimum atomic E-state index is 0.410. The molecule has 0 amide bonds. The highest BCUT2D eigenvalue weighted by molar-refractivity contribution is 9.10. The minimum Gasteiger partial charge on any atom is -0.383 e. The number of halogens is 1. The summed E-state index contributed by atoms with van der Waals surface area (Å²) in [6.07, 6.45) is 3.40. The lowest BCUT2D eigenvalue weighted by atomic mass is 10.6.